The van der Waals surface area contributed by atoms with Gasteiger partial charge in [0.1, 0.15) is 4.21 Å². The Morgan fingerprint density at radius 2 is 2.15 bits per heavy atom. The average Bonchev–Trinajstić information content (AvgIpc) is 2.96. The summed E-state index contributed by atoms with van der Waals surface area (Å²) in [5, 5.41) is 2.89. The minimum Gasteiger partial charge on any atom is -0.350 e. The van der Waals surface area contributed by atoms with E-state index in [1.165, 1.54) is 6.07 Å². The molecule has 1 aliphatic rings. The highest BCUT2D eigenvalue weighted by molar-refractivity contribution is 7.92. The third-order valence-corrected chi connectivity index (χ3v) is 6.76. The lowest BCUT2D eigenvalue weighted by molar-refractivity contribution is 0.0945. The molecule has 1 aliphatic heterocycles. The summed E-state index contributed by atoms with van der Waals surface area (Å²) in [4.78, 5) is 14.7. The number of nitrogens with one attached hydrogen (secondary N) is 1. The van der Waals surface area contributed by atoms with Gasteiger partial charge in [-0.2, -0.15) is 0 Å². The van der Waals surface area contributed by atoms with Gasteiger partial charge in [0.05, 0.1) is 4.88 Å². The number of sulfone groups is 1. The van der Waals surface area contributed by atoms with Crippen molar-refractivity contribution in [3.8, 4) is 0 Å². The number of rotatable bonds is 4. The quantitative estimate of drug-likeness (QED) is 0.911. The number of hydrogen-bond acceptors (Lipinski definition) is 5. The SMILES string of the molecule is C[C@H]1CC[C@@H](CNC(=O)c2ccc(S(C)(=O)=O)s2)N1C. The predicted octanol–water partition coefficient (Wildman–Crippen LogP) is 1.36. The van der Waals surface area contributed by atoms with Gasteiger partial charge in [0.25, 0.3) is 5.91 Å². The standard InChI is InChI=1S/C13H20N2O3S2/c1-9-4-5-10(15(9)2)8-14-13(16)11-6-7-12(19-11)20(3,17)18/h6-7,9-10H,4-5,8H2,1-3H3,(H,14,16)/t9-,10-/m0/s1. The fraction of sp³-hybridized carbons (Fsp3) is 0.615. The summed E-state index contributed by atoms with van der Waals surface area (Å²) in [6.07, 6.45) is 3.38. The summed E-state index contributed by atoms with van der Waals surface area (Å²) in [7, 11) is -1.16. The molecule has 1 amide bonds. The zero-order chi connectivity index (χ0) is 14.9. The van der Waals surface area contributed by atoms with Crippen LogP contribution in [0.1, 0.15) is 29.4 Å². The molecule has 1 N–H and O–H groups in total. The average molecular weight is 316 g/mol. The van der Waals surface area contributed by atoms with Crippen molar-refractivity contribution < 1.29 is 13.2 Å². The molecule has 0 aromatic carbocycles. The molecular formula is C13H20N2O3S2. The van der Waals surface area contributed by atoms with Gasteiger partial charge in [0.2, 0.25) is 0 Å². The minimum absolute atomic E-state index is 0.196. The molecule has 0 aliphatic carbocycles. The Hall–Kier alpha value is -0.920. The Balaban J connectivity index is 1.94. The summed E-state index contributed by atoms with van der Waals surface area (Å²) < 4.78 is 23.0. The van der Waals surface area contributed by atoms with Gasteiger partial charge >= 0.3 is 0 Å². The van der Waals surface area contributed by atoms with Crippen molar-refractivity contribution >= 4 is 27.1 Å². The van der Waals surface area contributed by atoms with E-state index in [1.807, 2.05) is 0 Å². The van der Waals surface area contributed by atoms with Crippen LogP contribution < -0.4 is 5.32 Å². The van der Waals surface area contributed by atoms with Crippen LogP contribution in [0.25, 0.3) is 0 Å². The first-order chi connectivity index (χ1) is 9.29. The van der Waals surface area contributed by atoms with Crippen LogP contribution >= 0.6 is 11.3 Å². The number of carbonyl (C=O) groups is 1. The van der Waals surface area contributed by atoms with Crippen LogP contribution in [0.15, 0.2) is 16.3 Å². The fourth-order valence-electron chi connectivity index (χ4n) is 2.39. The molecule has 0 radical (unpaired) electrons. The normalized spacial score (nSPS) is 23.9. The van der Waals surface area contributed by atoms with E-state index >= 15 is 0 Å². The van der Waals surface area contributed by atoms with Crippen molar-refractivity contribution in [3.05, 3.63) is 17.0 Å². The van der Waals surface area contributed by atoms with Crippen molar-refractivity contribution in [3.63, 3.8) is 0 Å². The zero-order valence-electron chi connectivity index (χ0n) is 11.9. The molecule has 1 fully saturated rings. The van der Waals surface area contributed by atoms with E-state index in [0.29, 0.717) is 23.5 Å². The molecule has 112 valence electrons. The van der Waals surface area contributed by atoms with E-state index in [0.717, 1.165) is 30.4 Å². The number of amides is 1. The highest BCUT2D eigenvalue weighted by atomic mass is 32.2. The summed E-state index contributed by atoms with van der Waals surface area (Å²) >= 11 is 1.02. The maximum atomic E-state index is 12.0. The van der Waals surface area contributed by atoms with E-state index in [4.69, 9.17) is 0 Å². The maximum absolute atomic E-state index is 12.0. The first-order valence-electron chi connectivity index (χ1n) is 6.59. The Morgan fingerprint density at radius 3 is 2.65 bits per heavy atom. The molecule has 1 saturated heterocycles. The number of carbonyl (C=O) groups excluding carboxylic acids is 1. The lowest BCUT2D eigenvalue weighted by atomic mass is 10.2. The summed E-state index contributed by atoms with van der Waals surface area (Å²) in [5.41, 5.74) is 0. The summed E-state index contributed by atoms with van der Waals surface area (Å²) in [6, 6.07) is 3.97. The minimum atomic E-state index is -3.23. The third kappa shape index (κ3) is 3.39. The Bertz CT molecular complexity index is 595. The van der Waals surface area contributed by atoms with Crippen molar-refractivity contribution in [1.29, 1.82) is 0 Å². The van der Waals surface area contributed by atoms with E-state index in [1.54, 1.807) is 6.07 Å². The van der Waals surface area contributed by atoms with Crippen LogP contribution in [-0.4, -0.2) is 51.2 Å². The van der Waals surface area contributed by atoms with Gasteiger partial charge in [-0.25, -0.2) is 8.42 Å². The van der Waals surface area contributed by atoms with Gasteiger partial charge in [-0.3, -0.25) is 9.69 Å². The fourth-order valence-corrected chi connectivity index (χ4v) is 4.23. The lowest BCUT2D eigenvalue weighted by Gasteiger charge is -2.23. The molecule has 2 atom stereocenters. The van der Waals surface area contributed by atoms with E-state index in [9.17, 15) is 13.2 Å². The number of thiophene rings is 1. The molecule has 2 rings (SSSR count). The molecule has 0 unspecified atom stereocenters. The Kier molecular flexibility index (Phi) is 4.51. The molecule has 0 bridgehead atoms. The van der Waals surface area contributed by atoms with Crippen molar-refractivity contribution in [1.82, 2.24) is 10.2 Å². The molecular weight excluding hydrogens is 296 g/mol. The zero-order valence-corrected chi connectivity index (χ0v) is 13.6. The van der Waals surface area contributed by atoms with Gasteiger partial charge in [-0.15, -0.1) is 11.3 Å². The van der Waals surface area contributed by atoms with Crippen LogP contribution in [0.5, 0.6) is 0 Å². The molecule has 0 saturated carbocycles. The maximum Gasteiger partial charge on any atom is 0.261 e. The largest absolute Gasteiger partial charge is 0.350 e. The van der Waals surface area contributed by atoms with E-state index in [2.05, 4.69) is 24.2 Å². The molecule has 0 spiro atoms. The molecule has 2 heterocycles. The van der Waals surface area contributed by atoms with Gasteiger partial charge in [0.15, 0.2) is 9.84 Å². The van der Waals surface area contributed by atoms with Gasteiger partial charge in [-0.1, -0.05) is 0 Å². The van der Waals surface area contributed by atoms with Crippen LogP contribution in [-0.2, 0) is 9.84 Å². The molecule has 20 heavy (non-hydrogen) atoms. The first kappa shape index (κ1) is 15.5. The highest BCUT2D eigenvalue weighted by Gasteiger charge is 2.27. The van der Waals surface area contributed by atoms with Crippen molar-refractivity contribution in [2.45, 2.75) is 36.1 Å². The van der Waals surface area contributed by atoms with Crippen LogP contribution in [0, 0.1) is 0 Å². The number of likely N-dealkylation sites (tertiary alicyclic amines) is 1. The number of hydrogen-bond donors (Lipinski definition) is 1. The van der Waals surface area contributed by atoms with Crippen molar-refractivity contribution in [2.75, 3.05) is 19.8 Å². The van der Waals surface area contributed by atoms with E-state index < -0.39 is 9.84 Å². The summed E-state index contributed by atoms with van der Waals surface area (Å²) in [5.74, 6) is -0.196. The van der Waals surface area contributed by atoms with Gasteiger partial charge < -0.3 is 5.32 Å². The molecule has 5 nitrogen and oxygen atoms in total. The van der Waals surface area contributed by atoms with Gasteiger partial charge in [0, 0.05) is 24.9 Å². The Morgan fingerprint density at radius 1 is 1.45 bits per heavy atom. The second-order valence-electron chi connectivity index (χ2n) is 5.35. The monoisotopic (exact) mass is 316 g/mol. The van der Waals surface area contributed by atoms with Crippen molar-refractivity contribution in [2.24, 2.45) is 0 Å². The first-order valence-corrected chi connectivity index (χ1v) is 9.30. The summed E-state index contributed by atoms with van der Waals surface area (Å²) in [6.45, 7) is 2.78. The van der Waals surface area contributed by atoms with Crippen LogP contribution in [0.3, 0.4) is 0 Å². The third-order valence-electron chi connectivity index (χ3n) is 3.86. The van der Waals surface area contributed by atoms with Crippen LogP contribution in [0.2, 0.25) is 0 Å². The lowest BCUT2D eigenvalue weighted by Crippen LogP contribution is -2.40. The molecule has 1 aromatic heterocycles. The molecule has 1 aromatic rings. The van der Waals surface area contributed by atoms with Gasteiger partial charge in [-0.05, 0) is 38.9 Å². The molecule has 7 heteroatoms. The smallest absolute Gasteiger partial charge is 0.261 e. The second-order valence-corrected chi connectivity index (χ2v) is 8.67. The van der Waals surface area contributed by atoms with Crippen LogP contribution in [0.4, 0.5) is 0 Å². The van der Waals surface area contributed by atoms with E-state index in [-0.39, 0.29) is 10.1 Å². The predicted molar refractivity (Wildman–Crippen MR) is 80.0 cm³/mol. The topological polar surface area (TPSA) is 66.5 Å². The number of likely N-dealkylation sites (N-methyl/N-ethyl adjacent to an activating group) is 1. The highest BCUT2D eigenvalue weighted by Crippen LogP contribution is 2.23. The number of nitrogens with zero attached hydrogens (tertiary/aromatic N) is 1. The Labute approximate surface area is 123 Å². The second kappa shape index (κ2) is 5.83.